The van der Waals surface area contributed by atoms with Gasteiger partial charge in [-0.25, -0.2) is 0 Å². The van der Waals surface area contributed by atoms with Crippen LogP contribution in [0.2, 0.25) is 0 Å². The molecule has 5 heteroatoms. The number of carbonyl (C=O) groups excluding carboxylic acids is 2. The second-order valence-corrected chi connectivity index (χ2v) is 4.45. The van der Waals surface area contributed by atoms with Crippen molar-refractivity contribution in [3.63, 3.8) is 0 Å². The van der Waals surface area contributed by atoms with E-state index in [9.17, 15) is 9.59 Å². The van der Waals surface area contributed by atoms with E-state index < -0.39 is 11.9 Å². The van der Waals surface area contributed by atoms with Crippen LogP contribution in [0.15, 0.2) is 30.3 Å². The Kier molecular flexibility index (Phi) is 5.55. The Morgan fingerprint density at radius 3 is 2.53 bits per heavy atom. The Bertz CT molecular complexity index is 479. The van der Waals surface area contributed by atoms with E-state index in [-0.39, 0.29) is 24.7 Å². The summed E-state index contributed by atoms with van der Waals surface area (Å²) in [7, 11) is 0. The fraction of sp³-hybridized carbons (Fsp3) is 0.357. The molecule has 0 aliphatic heterocycles. The number of hydrogen-bond acceptors (Lipinski definition) is 3. The minimum Gasteiger partial charge on any atom is -0.368 e. The minimum absolute atomic E-state index is 0.166. The van der Waals surface area contributed by atoms with Crippen LogP contribution in [0.3, 0.4) is 0 Å². The first-order chi connectivity index (χ1) is 9.04. The van der Waals surface area contributed by atoms with E-state index in [1.54, 1.807) is 6.92 Å². The summed E-state index contributed by atoms with van der Waals surface area (Å²) in [6.45, 7) is 1.71. The maximum Gasteiger partial charge on any atom is 0.240 e. The number of amides is 2. The van der Waals surface area contributed by atoms with Crippen molar-refractivity contribution in [2.75, 3.05) is 0 Å². The fourth-order valence-electron chi connectivity index (χ4n) is 1.76. The van der Waals surface area contributed by atoms with Gasteiger partial charge in [-0.05, 0) is 11.5 Å². The molecule has 1 aromatic carbocycles. The number of primary amides is 1. The molecule has 0 fully saturated rings. The Labute approximate surface area is 112 Å². The maximum atomic E-state index is 11.8. The molecule has 100 valence electrons. The van der Waals surface area contributed by atoms with Crippen molar-refractivity contribution >= 4 is 11.8 Å². The summed E-state index contributed by atoms with van der Waals surface area (Å²) in [5.74, 6) is -1.20. The SMILES string of the molecule is C[C@@H](CC#N)[C@@H](NC(=O)Cc1ccccc1)C(N)=O. The summed E-state index contributed by atoms with van der Waals surface area (Å²) >= 11 is 0. The molecule has 1 aromatic rings. The maximum absolute atomic E-state index is 11.8. The molecule has 0 saturated heterocycles. The highest BCUT2D eigenvalue weighted by atomic mass is 16.2. The highest BCUT2D eigenvalue weighted by molar-refractivity contribution is 5.87. The smallest absolute Gasteiger partial charge is 0.240 e. The third kappa shape index (κ3) is 4.80. The lowest BCUT2D eigenvalue weighted by atomic mass is 9.98. The van der Waals surface area contributed by atoms with Crippen molar-refractivity contribution in [1.29, 1.82) is 5.26 Å². The van der Waals surface area contributed by atoms with Gasteiger partial charge in [0.05, 0.1) is 12.5 Å². The van der Waals surface area contributed by atoms with Crippen LogP contribution in [-0.2, 0) is 16.0 Å². The van der Waals surface area contributed by atoms with Crippen molar-refractivity contribution in [2.24, 2.45) is 11.7 Å². The van der Waals surface area contributed by atoms with E-state index >= 15 is 0 Å². The lowest BCUT2D eigenvalue weighted by molar-refractivity contribution is -0.128. The van der Waals surface area contributed by atoms with E-state index in [1.165, 1.54) is 0 Å². The van der Waals surface area contributed by atoms with Crippen molar-refractivity contribution in [3.05, 3.63) is 35.9 Å². The van der Waals surface area contributed by atoms with Crippen LogP contribution >= 0.6 is 0 Å². The molecular formula is C14H17N3O2. The third-order valence-corrected chi connectivity index (χ3v) is 2.81. The van der Waals surface area contributed by atoms with Crippen LogP contribution in [0, 0.1) is 17.2 Å². The predicted octanol–water partition coefficient (Wildman–Crippen LogP) is 0.749. The summed E-state index contributed by atoms with van der Waals surface area (Å²) in [6.07, 6.45) is 0.350. The van der Waals surface area contributed by atoms with Crippen LogP contribution < -0.4 is 11.1 Å². The van der Waals surface area contributed by atoms with Crippen LogP contribution in [0.1, 0.15) is 18.9 Å². The Hall–Kier alpha value is -2.35. The molecule has 0 heterocycles. The van der Waals surface area contributed by atoms with E-state index in [0.717, 1.165) is 5.56 Å². The van der Waals surface area contributed by atoms with E-state index in [2.05, 4.69) is 5.32 Å². The van der Waals surface area contributed by atoms with Gasteiger partial charge in [0.15, 0.2) is 0 Å². The first kappa shape index (κ1) is 14.7. The standard InChI is InChI=1S/C14H17N3O2/c1-10(7-8-15)13(14(16)19)17-12(18)9-11-5-3-2-4-6-11/h2-6,10,13H,7,9H2,1H3,(H2,16,19)(H,17,18)/t10-,13+/m0/s1. The molecule has 2 amide bonds. The third-order valence-electron chi connectivity index (χ3n) is 2.81. The Morgan fingerprint density at radius 1 is 1.37 bits per heavy atom. The molecule has 5 nitrogen and oxygen atoms in total. The molecule has 2 atom stereocenters. The van der Waals surface area contributed by atoms with E-state index in [0.29, 0.717) is 0 Å². The highest BCUT2D eigenvalue weighted by Gasteiger charge is 2.24. The number of carbonyl (C=O) groups is 2. The second-order valence-electron chi connectivity index (χ2n) is 4.45. The van der Waals surface area contributed by atoms with Gasteiger partial charge in [0.25, 0.3) is 0 Å². The average Bonchev–Trinajstić information content (AvgIpc) is 2.37. The summed E-state index contributed by atoms with van der Waals surface area (Å²) in [6, 6.07) is 10.4. The molecule has 0 aromatic heterocycles. The molecule has 3 N–H and O–H groups in total. The van der Waals surface area contributed by atoms with Gasteiger partial charge in [-0.2, -0.15) is 5.26 Å². The zero-order valence-electron chi connectivity index (χ0n) is 10.8. The molecule has 0 aliphatic rings. The number of nitrogens with one attached hydrogen (secondary N) is 1. The zero-order chi connectivity index (χ0) is 14.3. The summed E-state index contributed by atoms with van der Waals surface area (Å²) in [4.78, 5) is 23.1. The summed E-state index contributed by atoms with van der Waals surface area (Å²) < 4.78 is 0. The summed E-state index contributed by atoms with van der Waals surface area (Å²) in [5, 5.41) is 11.2. The molecule has 0 saturated carbocycles. The van der Waals surface area contributed by atoms with Gasteiger partial charge >= 0.3 is 0 Å². The molecule has 0 aliphatic carbocycles. The topological polar surface area (TPSA) is 96.0 Å². The quantitative estimate of drug-likeness (QED) is 0.789. The predicted molar refractivity (Wildman–Crippen MR) is 70.7 cm³/mol. The molecule has 0 spiro atoms. The van der Waals surface area contributed by atoms with Gasteiger partial charge in [-0.3, -0.25) is 9.59 Å². The van der Waals surface area contributed by atoms with Crippen LogP contribution in [0.5, 0.6) is 0 Å². The van der Waals surface area contributed by atoms with Gasteiger partial charge in [-0.15, -0.1) is 0 Å². The average molecular weight is 259 g/mol. The molecule has 0 bridgehead atoms. The van der Waals surface area contributed by atoms with Gasteiger partial charge < -0.3 is 11.1 Å². The first-order valence-electron chi connectivity index (χ1n) is 6.04. The van der Waals surface area contributed by atoms with Crippen molar-refractivity contribution in [3.8, 4) is 6.07 Å². The number of hydrogen-bond donors (Lipinski definition) is 2. The van der Waals surface area contributed by atoms with Gasteiger partial charge in [0, 0.05) is 6.42 Å². The normalized spacial score (nSPS) is 13.1. The number of rotatable bonds is 6. The molecule has 0 unspecified atom stereocenters. The number of nitrogens with two attached hydrogens (primary N) is 1. The first-order valence-corrected chi connectivity index (χ1v) is 6.04. The number of nitrogens with zero attached hydrogens (tertiary/aromatic N) is 1. The molecular weight excluding hydrogens is 242 g/mol. The van der Waals surface area contributed by atoms with Gasteiger partial charge in [-0.1, -0.05) is 37.3 Å². The zero-order valence-corrected chi connectivity index (χ0v) is 10.8. The van der Waals surface area contributed by atoms with E-state index in [1.807, 2.05) is 36.4 Å². The highest BCUT2D eigenvalue weighted by Crippen LogP contribution is 2.08. The second kappa shape index (κ2) is 7.17. The Balaban J connectivity index is 2.62. The van der Waals surface area contributed by atoms with E-state index in [4.69, 9.17) is 11.0 Å². The number of nitriles is 1. The van der Waals surface area contributed by atoms with Crippen molar-refractivity contribution in [1.82, 2.24) is 5.32 Å². The van der Waals surface area contributed by atoms with Gasteiger partial charge in [0.2, 0.25) is 11.8 Å². The monoisotopic (exact) mass is 259 g/mol. The lowest BCUT2D eigenvalue weighted by Crippen LogP contribution is -2.48. The largest absolute Gasteiger partial charge is 0.368 e. The summed E-state index contributed by atoms with van der Waals surface area (Å²) in [5.41, 5.74) is 6.10. The number of benzene rings is 1. The molecule has 0 radical (unpaired) electrons. The van der Waals surface area contributed by atoms with Crippen LogP contribution in [0.4, 0.5) is 0 Å². The Morgan fingerprint density at radius 2 is 2.00 bits per heavy atom. The van der Waals surface area contributed by atoms with Crippen molar-refractivity contribution < 1.29 is 9.59 Å². The minimum atomic E-state index is -0.809. The van der Waals surface area contributed by atoms with Crippen LogP contribution in [0.25, 0.3) is 0 Å². The molecule has 1 rings (SSSR count). The lowest BCUT2D eigenvalue weighted by Gasteiger charge is -2.20. The van der Waals surface area contributed by atoms with Gasteiger partial charge in [0.1, 0.15) is 6.04 Å². The van der Waals surface area contributed by atoms with Crippen LogP contribution in [-0.4, -0.2) is 17.9 Å². The fourth-order valence-corrected chi connectivity index (χ4v) is 1.76. The van der Waals surface area contributed by atoms with Crippen molar-refractivity contribution in [2.45, 2.75) is 25.8 Å². The molecule has 19 heavy (non-hydrogen) atoms.